The normalized spacial score (nSPS) is 19.4. The molecule has 0 amide bonds. The first kappa shape index (κ1) is 7.02. The summed E-state index contributed by atoms with van der Waals surface area (Å²) in [4.78, 5) is 0. The lowest BCUT2D eigenvalue weighted by molar-refractivity contribution is 0.437. The minimum atomic E-state index is -2.31. The summed E-state index contributed by atoms with van der Waals surface area (Å²) < 4.78 is 22.3. The zero-order chi connectivity index (χ0) is 6.85. The molecule has 1 saturated carbocycles. The van der Waals surface area contributed by atoms with Crippen molar-refractivity contribution in [1.29, 1.82) is 0 Å². The molecule has 1 aliphatic carbocycles. The molecule has 0 radical (unpaired) electrons. The highest BCUT2D eigenvalue weighted by Gasteiger charge is 2.29. The summed E-state index contributed by atoms with van der Waals surface area (Å²) in [5, 5.41) is 0. The van der Waals surface area contributed by atoms with Crippen molar-refractivity contribution in [2.24, 2.45) is 0 Å². The molecule has 0 aromatic carbocycles. The molecule has 0 aromatic rings. The molecular weight excluding hydrogens is 138 g/mol. The first-order valence-electron chi connectivity index (χ1n) is 3.16. The number of thiol groups is 1. The smallest absolute Gasteiger partial charge is 0.204 e. The lowest BCUT2D eigenvalue weighted by atomic mass is 10.6. The molecule has 4 heteroatoms. The number of nitrogens with zero attached hydrogens (tertiary/aromatic N) is 1. The van der Waals surface area contributed by atoms with Crippen molar-refractivity contribution in [3.05, 3.63) is 0 Å². The van der Waals surface area contributed by atoms with Crippen molar-refractivity contribution < 1.29 is 8.42 Å². The minimum absolute atomic E-state index is 0.344. The highest BCUT2D eigenvalue weighted by Crippen LogP contribution is 2.26. The Morgan fingerprint density at radius 3 is 2.22 bits per heavy atom. The van der Waals surface area contributed by atoms with Gasteiger partial charge in [-0.25, -0.2) is 12.7 Å². The molecule has 0 N–H and O–H groups in total. The van der Waals surface area contributed by atoms with Crippen LogP contribution in [-0.2, 0) is 10.9 Å². The van der Waals surface area contributed by atoms with Crippen molar-refractivity contribution in [3.8, 4) is 0 Å². The van der Waals surface area contributed by atoms with Crippen LogP contribution >= 0.6 is 0 Å². The molecule has 54 valence electrons. The fourth-order valence-corrected chi connectivity index (χ4v) is 1.61. The fourth-order valence-electron chi connectivity index (χ4n) is 0.880. The Hall–Kier alpha value is -0.0900. The molecule has 0 saturated heterocycles. The van der Waals surface area contributed by atoms with Crippen LogP contribution in [0.15, 0.2) is 0 Å². The highest BCUT2D eigenvalue weighted by atomic mass is 32.2. The molecule has 3 nitrogen and oxygen atoms in total. The molecule has 9 heavy (non-hydrogen) atoms. The van der Waals surface area contributed by atoms with Crippen LogP contribution in [-0.4, -0.2) is 25.3 Å². The summed E-state index contributed by atoms with van der Waals surface area (Å²) in [7, 11) is -2.31. The van der Waals surface area contributed by atoms with Crippen molar-refractivity contribution in [3.63, 3.8) is 0 Å². The van der Waals surface area contributed by atoms with Gasteiger partial charge in [-0.15, -0.1) is 0 Å². The van der Waals surface area contributed by atoms with Crippen LogP contribution in [0.4, 0.5) is 0 Å². The molecule has 0 bridgehead atoms. The Morgan fingerprint density at radius 2 is 2.11 bits per heavy atom. The highest BCUT2D eigenvalue weighted by molar-refractivity contribution is 7.69. The Morgan fingerprint density at radius 1 is 1.56 bits per heavy atom. The first-order valence-corrected chi connectivity index (χ1v) is 4.29. The summed E-state index contributed by atoms with van der Waals surface area (Å²) >= 11 is 0. The standard InChI is InChI=1S/C5H11NO2S/c1-2-6(9(7)8)5-3-4-5/h5,9H,2-4H2,1H3. The average molecular weight is 149 g/mol. The monoisotopic (exact) mass is 149 g/mol. The summed E-state index contributed by atoms with van der Waals surface area (Å²) in [5.74, 6) is 0. The van der Waals surface area contributed by atoms with Crippen molar-refractivity contribution in [1.82, 2.24) is 4.31 Å². The van der Waals surface area contributed by atoms with Crippen LogP contribution in [0.3, 0.4) is 0 Å². The lowest BCUT2D eigenvalue weighted by Gasteiger charge is -2.08. The molecule has 0 aromatic heterocycles. The molecular formula is C5H11NO2S. The fraction of sp³-hybridized carbons (Fsp3) is 1.00. The Bertz CT molecular complexity index is 154. The zero-order valence-corrected chi connectivity index (χ0v) is 6.30. The van der Waals surface area contributed by atoms with Gasteiger partial charge in [-0.2, -0.15) is 0 Å². The maximum atomic E-state index is 10.4. The number of rotatable bonds is 3. The Balaban J connectivity index is 2.47. The summed E-state index contributed by atoms with van der Waals surface area (Å²) in [6, 6.07) is 0.344. The first-order chi connectivity index (χ1) is 4.25. The molecule has 1 aliphatic rings. The minimum Gasteiger partial charge on any atom is -0.215 e. The van der Waals surface area contributed by atoms with Crippen LogP contribution in [0.5, 0.6) is 0 Å². The van der Waals surface area contributed by atoms with Crippen LogP contribution in [0.1, 0.15) is 19.8 Å². The van der Waals surface area contributed by atoms with Gasteiger partial charge in [0.1, 0.15) is 0 Å². The third-order valence-electron chi connectivity index (χ3n) is 1.50. The maximum Gasteiger partial charge on any atom is 0.204 e. The Labute approximate surface area is 56.7 Å². The van der Waals surface area contributed by atoms with Crippen molar-refractivity contribution in [2.45, 2.75) is 25.8 Å². The van der Waals surface area contributed by atoms with E-state index >= 15 is 0 Å². The van der Waals surface area contributed by atoms with E-state index in [9.17, 15) is 8.42 Å². The third-order valence-corrected chi connectivity index (χ3v) is 2.53. The van der Waals surface area contributed by atoms with Gasteiger partial charge < -0.3 is 0 Å². The molecule has 0 atom stereocenters. The zero-order valence-electron chi connectivity index (χ0n) is 5.41. The largest absolute Gasteiger partial charge is 0.215 e. The summed E-state index contributed by atoms with van der Waals surface area (Å²) in [6.45, 7) is 2.49. The van der Waals surface area contributed by atoms with Crippen LogP contribution < -0.4 is 0 Å². The van der Waals surface area contributed by atoms with E-state index in [0.717, 1.165) is 12.8 Å². The van der Waals surface area contributed by atoms with E-state index in [0.29, 0.717) is 12.6 Å². The maximum absolute atomic E-state index is 10.4. The van der Waals surface area contributed by atoms with Gasteiger partial charge in [0.2, 0.25) is 10.9 Å². The molecule has 0 heterocycles. The van der Waals surface area contributed by atoms with E-state index in [2.05, 4.69) is 0 Å². The van der Waals surface area contributed by atoms with E-state index in [4.69, 9.17) is 0 Å². The van der Waals surface area contributed by atoms with E-state index in [1.165, 1.54) is 4.31 Å². The van der Waals surface area contributed by atoms with Gasteiger partial charge >= 0.3 is 0 Å². The van der Waals surface area contributed by atoms with E-state index in [-0.39, 0.29) is 0 Å². The number of hydrogen-bond acceptors (Lipinski definition) is 2. The van der Waals surface area contributed by atoms with E-state index in [1.807, 2.05) is 6.92 Å². The summed E-state index contributed by atoms with van der Waals surface area (Å²) in [6.07, 6.45) is 2.11. The van der Waals surface area contributed by atoms with E-state index in [1.54, 1.807) is 0 Å². The second kappa shape index (κ2) is 2.66. The topological polar surface area (TPSA) is 37.4 Å². The van der Waals surface area contributed by atoms with Gasteiger partial charge in [-0.1, -0.05) is 6.92 Å². The van der Waals surface area contributed by atoms with Crippen molar-refractivity contribution >= 4 is 10.9 Å². The van der Waals surface area contributed by atoms with Gasteiger partial charge in [0.25, 0.3) is 0 Å². The molecule has 0 aliphatic heterocycles. The van der Waals surface area contributed by atoms with Crippen LogP contribution in [0.2, 0.25) is 0 Å². The van der Waals surface area contributed by atoms with Crippen LogP contribution in [0, 0.1) is 0 Å². The van der Waals surface area contributed by atoms with Gasteiger partial charge in [0, 0.05) is 12.6 Å². The molecule has 0 unspecified atom stereocenters. The van der Waals surface area contributed by atoms with Gasteiger partial charge in [-0.3, -0.25) is 0 Å². The average Bonchev–Trinajstić information content (AvgIpc) is 2.50. The quantitative estimate of drug-likeness (QED) is 0.573. The van der Waals surface area contributed by atoms with Crippen molar-refractivity contribution in [2.75, 3.05) is 6.54 Å². The third kappa shape index (κ3) is 1.66. The SMILES string of the molecule is CCN(C1CC1)[SH](=O)=O. The molecule has 1 fully saturated rings. The Kier molecular flexibility index (Phi) is 2.08. The number of hydrogen-bond donors (Lipinski definition) is 1. The molecule has 0 spiro atoms. The van der Waals surface area contributed by atoms with Gasteiger partial charge in [0.15, 0.2) is 0 Å². The van der Waals surface area contributed by atoms with Gasteiger partial charge in [0.05, 0.1) is 0 Å². The lowest BCUT2D eigenvalue weighted by Crippen LogP contribution is -2.23. The molecule has 1 rings (SSSR count). The second-order valence-corrected chi connectivity index (χ2v) is 3.21. The van der Waals surface area contributed by atoms with E-state index < -0.39 is 10.9 Å². The summed E-state index contributed by atoms with van der Waals surface area (Å²) in [5.41, 5.74) is 0. The van der Waals surface area contributed by atoms with Gasteiger partial charge in [-0.05, 0) is 12.8 Å². The second-order valence-electron chi connectivity index (χ2n) is 2.22. The predicted molar refractivity (Wildman–Crippen MR) is 35.7 cm³/mol. The van der Waals surface area contributed by atoms with Crippen LogP contribution in [0.25, 0.3) is 0 Å². The predicted octanol–water partition coefficient (Wildman–Crippen LogP) is -0.00290.